The summed E-state index contributed by atoms with van der Waals surface area (Å²) in [5.41, 5.74) is 1.91. The molecule has 1 aromatic carbocycles. The molecule has 3 nitrogen and oxygen atoms in total. The first kappa shape index (κ1) is 15.5. The van der Waals surface area contributed by atoms with Gasteiger partial charge in [0.15, 0.2) is 0 Å². The molecule has 0 radical (unpaired) electrons. The van der Waals surface area contributed by atoms with Gasteiger partial charge in [-0.05, 0) is 47.5 Å². The van der Waals surface area contributed by atoms with Crippen molar-refractivity contribution < 1.29 is 4.79 Å². The third-order valence-corrected chi connectivity index (χ3v) is 3.67. The Hall–Kier alpha value is -0.580. The normalized spacial score (nSPS) is 19.3. The molecule has 1 atom stereocenters. The van der Waals surface area contributed by atoms with Gasteiger partial charge in [0.1, 0.15) is 0 Å². The summed E-state index contributed by atoms with van der Waals surface area (Å²) in [5.74, 6) is 0.116. The minimum absolute atomic E-state index is 0. The number of carbonyl (C=O) groups is 1. The number of hydrogen-bond donors (Lipinski definition) is 1. The van der Waals surface area contributed by atoms with Crippen LogP contribution in [0.2, 0.25) is 0 Å². The number of benzene rings is 1. The van der Waals surface area contributed by atoms with Crippen LogP contribution in [0.25, 0.3) is 0 Å². The van der Waals surface area contributed by atoms with Gasteiger partial charge in [0.25, 0.3) is 5.91 Å². The van der Waals surface area contributed by atoms with Gasteiger partial charge in [-0.25, -0.2) is 0 Å². The van der Waals surface area contributed by atoms with Crippen molar-refractivity contribution >= 4 is 34.2 Å². The smallest absolute Gasteiger partial charge is 0.255 e. The first-order valence-corrected chi connectivity index (χ1v) is 6.66. The average Bonchev–Trinajstić information content (AvgIpc) is 2.28. The summed E-state index contributed by atoms with van der Waals surface area (Å²) < 4.78 is 0.883. The van der Waals surface area contributed by atoms with Crippen molar-refractivity contribution in [3.63, 3.8) is 0 Å². The molecule has 5 heteroatoms. The van der Waals surface area contributed by atoms with Crippen LogP contribution in [0.5, 0.6) is 0 Å². The minimum atomic E-state index is 0. The Morgan fingerprint density at radius 2 is 2.22 bits per heavy atom. The highest BCUT2D eigenvalue weighted by molar-refractivity contribution is 9.10. The van der Waals surface area contributed by atoms with E-state index in [4.69, 9.17) is 0 Å². The van der Waals surface area contributed by atoms with E-state index in [2.05, 4.69) is 28.2 Å². The van der Waals surface area contributed by atoms with Crippen LogP contribution in [0.15, 0.2) is 22.7 Å². The second kappa shape index (κ2) is 6.55. The Morgan fingerprint density at radius 3 is 2.83 bits per heavy atom. The molecule has 0 aromatic heterocycles. The molecule has 0 spiro atoms. The molecule has 100 valence electrons. The molecule has 1 unspecified atom stereocenters. The molecule has 1 heterocycles. The molecule has 0 bridgehead atoms. The van der Waals surface area contributed by atoms with Gasteiger partial charge in [-0.15, -0.1) is 12.4 Å². The molecular formula is C13H18BrClN2O. The van der Waals surface area contributed by atoms with Crippen LogP contribution >= 0.6 is 28.3 Å². The lowest BCUT2D eigenvalue weighted by molar-refractivity contribution is 0.0708. The minimum Gasteiger partial charge on any atom is -0.336 e. The van der Waals surface area contributed by atoms with Gasteiger partial charge in [0.05, 0.1) is 5.56 Å². The maximum absolute atomic E-state index is 12.3. The van der Waals surface area contributed by atoms with Crippen molar-refractivity contribution in [3.05, 3.63) is 33.8 Å². The maximum Gasteiger partial charge on any atom is 0.255 e. The van der Waals surface area contributed by atoms with Crippen molar-refractivity contribution in [2.75, 3.05) is 19.6 Å². The quantitative estimate of drug-likeness (QED) is 0.857. The first-order valence-electron chi connectivity index (χ1n) is 5.87. The lowest BCUT2D eigenvalue weighted by atomic mass is 10.1. The fraction of sp³-hybridized carbons (Fsp3) is 0.462. The number of aryl methyl sites for hydroxylation is 1. The molecule has 0 aliphatic carbocycles. The molecule has 18 heavy (non-hydrogen) atoms. The van der Waals surface area contributed by atoms with E-state index in [1.165, 1.54) is 0 Å². The van der Waals surface area contributed by atoms with E-state index >= 15 is 0 Å². The molecule has 2 rings (SSSR count). The van der Waals surface area contributed by atoms with Crippen LogP contribution in [0, 0.1) is 6.92 Å². The van der Waals surface area contributed by atoms with E-state index in [0.29, 0.717) is 6.04 Å². The van der Waals surface area contributed by atoms with Crippen LogP contribution in [0.4, 0.5) is 0 Å². The number of rotatable bonds is 1. The monoisotopic (exact) mass is 332 g/mol. The highest BCUT2D eigenvalue weighted by atomic mass is 79.9. The molecule has 1 saturated heterocycles. The average molecular weight is 334 g/mol. The molecule has 1 aliphatic heterocycles. The van der Waals surface area contributed by atoms with Gasteiger partial charge in [0.2, 0.25) is 0 Å². The predicted molar refractivity (Wildman–Crippen MR) is 79.5 cm³/mol. The van der Waals surface area contributed by atoms with Crippen molar-refractivity contribution in [1.82, 2.24) is 10.2 Å². The van der Waals surface area contributed by atoms with E-state index in [0.717, 1.165) is 35.2 Å². The number of amides is 1. The summed E-state index contributed by atoms with van der Waals surface area (Å²) in [6.45, 7) is 6.55. The summed E-state index contributed by atoms with van der Waals surface area (Å²) >= 11 is 3.47. The van der Waals surface area contributed by atoms with E-state index in [1.54, 1.807) is 0 Å². The van der Waals surface area contributed by atoms with E-state index in [9.17, 15) is 4.79 Å². The van der Waals surface area contributed by atoms with E-state index in [-0.39, 0.29) is 18.3 Å². The standard InChI is InChI=1S/C13H17BrN2O.ClH/c1-9-3-4-11(12(14)7-9)13(17)16-6-5-15-10(2)8-16;/h3-4,7,10,15H,5-6,8H2,1-2H3;1H. The fourth-order valence-corrected chi connectivity index (χ4v) is 2.74. The van der Waals surface area contributed by atoms with Crippen LogP contribution < -0.4 is 5.32 Å². The first-order chi connectivity index (χ1) is 8.08. The van der Waals surface area contributed by atoms with E-state index < -0.39 is 0 Å². The van der Waals surface area contributed by atoms with Crippen LogP contribution in [0.1, 0.15) is 22.8 Å². The Bertz CT molecular complexity index is 439. The summed E-state index contributed by atoms with van der Waals surface area (Å²) in [4.78, 5) is 14.3. The molecular weight excluding hydrogens is 316 g/mol. The third kappa shape index (κ3) is 3.46. The summed E-state index contributed by atoms with van der Waals surface area (Å²) in [7, 11) is 0. The number of hydrogen-bond acceptors (Lipinski definition) is 2. The zero-order chi connectivity index (χ0) is 12.4. The van der Waals surface area contributed by atoms with Crippen molar-refractivity contribution in [1.29, 1.82) is 0 Å². The molecule has 1 N–H and O–H groups in total. The zero-order valence-electron chi connectivity index (χ0n) is 10.6. The highest BCUT2D eigenvalue weighted by Crippen LogP contribution is 2.20. The molecule has 0 saturated carbocycles. The second-order valence-corrected chi connectivity index (χ2v) is 5.44. The Morgan fingerprint density at radius 1 is 1.50 bits per heavy atom. The van der Waals surface area contributed by atoms with Gasteiger partial charge in [-0.3, -0.25) is 4.79 Å². The number of halogens is 2. The molecule has 1 aromatic rings. The summed E-state index contributed by atoms with van der Waals surface area (Å²) in [6.07, 6.45) is 0. The fourth-order valence-electron chi connectivity index (χ4n) is 2.08. The third-order valence-electron chi connectivity index (χ3n) is 3.01. The van der Waals surface area contributed by atoms with Gasteiger partial charge < -0.3 is 10.2 Å². The van der Waals surface area contributed by atoms with Crippen LogP contribution in [-0.4, -0.2) is 36.5 Å². The molecule has 1 aliphatic rings. The number of carbonyl (C=O) groups excluding carboxylic acids is 1. The van der Waals surface area contributed by atoms with E-state index in [1.807, 2.05) is 30.0 Å². The SMILES string of the molecule is Cc1ccc(C(=O)N2CCNC(C)C2)c(Br)c1.Cl. The van der Waals surface area contributed by atoms with Gasteiger partial charge in [0, 0.05) is 30.1 Å². The number of nitrogens with zero attached hydrogens (tertiary/aromatic N) is 1. The van der Waals surface area contributed by atoms with Crippen LogP contribution in [-0.2, 0) is 0 Å². The van der Waals surface area contributed by atoms with Gasteiger partial charge >= 0.3 is 0 Å². The Kier molecular flexibility index (Phi) is 5.63. The zero-order valence-corrected chi connectivity index (χ0v) is 13.0. The second-order valence-electron chi connectivity index (χ2n) is 4.59. The lowest BCUT2D eigenvalue weighted by Crippen LogP contribution is -2.51. The predicted octanol–water partition coefficient (Wildman–Crippen LogP) is 2.61. The van der Waals surface area contributed by atoms with Crippen molar-refractivity contribution in [2.24, 2.45) is 0 Å². The topological polar surface area (TPSA) is 32.3 Å². The Labute approximate surface area is 122 Å². The molecule has 1 amide bonds. The number of piperazine rings is 1. The summed E-state index contributed by atoms with van der Waals surface area (Å²) in [5, 5.41) is 3.34. The van der Waals surface area contributed by atoms with Gasteiger partial charge in [-0.1, -0.05) is 6.07 Å². The maximum atomic E-state index is 12.3. The number of nitrogens with one attached hydrogen (secondary N) is 1. The molecule has 1 fully saturated rings. The van der Waals surface area contributed by atoms with Crippen molar-refractivity contribution in [3.8, 4) is 0 Å². The highest BCUT2D eigenvalue weighted by Gasteiger charge is 2.22. The Balaban J connectivity index is 0.00000162. The lowest BCUT2D eigenvalue weighted by Gasteiger charge is -2.32. The largest absolute Gasteiger partial charge is 0.336 e. The van der Waals surface area contributed by atoms with Gasteiger partial charge in [-0.2, -0.15) is 0 Å². The summed E-state index contributed by atoms with van der Waals surface area (Å²) in [6, 6.07) is 6.23. The van der Waals surface area contributed by atoms with Crippen LogP contribution in [0.3, 0.4) is 0 Å². The van der Waals surface area contributed by atoms with Crippen molar-refractivity contribution in [2.45, 2.75) is 19.9 Å².